The number of para-hydroxylation sites is 1. The van der Waals surface area contributed by atoms with Crippen LogP contribution in [-0.2, 0) is 0 Å². The molecule has 0 bridgehead atoms. The van der Waals surface area contributed by atoms with Crippen LogP contribution in [0.2, 0.25) is 0 Å². The average molecular weight is 492 g/mol. The average Bonchev–Trinajstić information content (AvgIpc) is 2.79. The predicted octanol–water partition coefficient (Wildman–Crippen LogP) is 7.07. The van der Waals surface area contributed by atoms with Gasteiger partial charge in [-0.05, 0) is 53.9 Å². The third-order valence-corrected chi connectivity index (χ3v) is 5.44. The maximum absolute atomic E-state index is 12.8. The van der Waals surface area contributed by atoms with Gasteiger partial charge < -0.3 is 15.4 Å². The summed E-state index contributed by atoms with van der Waals surface area (Å²) in [4.78, 5) is 12.8. The van der Waals surface area contributed by atoms with E-state index in [9.17, 15) is 4.79 Å². The highest BCUT2D eigenvalue weighted by Crippen LogP contribution is 2.31. The van der Waals surface area contributed by atoms with Crippen LogP contribution in [0.5, 0.6) is 5.75 Å². The normalized spacial score (nSPS) is 12.1. The molecule has 0 fully saturated rings. The number of nitrogens with one attached hydrogen (secondary N) is 2. The molecule has 3 aromatic carbocycles. The van der Waals surface area contributed by atoms with Gasteiger partial charge in [-0.2, -0.15) is 0 Å². The van der Waals surface area contributed by atoms with E-state index in [0.29, 0.717) is 12.2 Å². The first-order valence-corrected chi connectivity index (χ1v) is 11.5. The lowest BCUT2D eigenvalue weighted by molar-refractivity contribution is 0.0942. The van der Waals surface area contributed by atoms with Crippen molar-refractivity contribution in [3.8, 4) is 16.9 Å². The van der Waals surface area contributed by atoms with E-state index in [0.717, 1.165) is 35.4 Å². The molecule has 1 atom stereocenters. The minimum Gasteiger partial charge on any atom is -0.494 e. The summed E-state index contributed by atoms with van der Waals surface area (Å²) < 4.78 is 3.96. The topological polar surface area (TPSA) is 50.4 Å². The van der Waals surface area contributed by atoms with Crippen LogP contribution >= 0.6 is 34.8 Å². The summed E-state index contributed by atoms with van der Waals surface area (Å²) in [6.07, 6.45) is 1.22. The number of ether oxygens (including phenoxy) is 1. The Morgan fingerprint density at radius 2 is 1.50 bits per heavy atom. The van der Waals surface area contributed by atoms with Crippen molar-refractivity contribution < 1.29 is 9.53 Å². The number of hydrogen-bond acceptors (Lipinski definition) is 3. The molecule has 0 radical (unpaired) electrons. The number of rotatable bonds is 9. The predicted molar refractivity (Wildman–Crippen MR) is 134 cm³/mol. The third-order valence-electron chi connectivity index (χ3n) is 4.79. The molecule has 7 heteroatoms. The van der Waals surface area contributed by atoms with Crippen LogP contribution < -0.4 is 15.4 Å². The molecule has 0 heterocycles. The molecule has 0 saturated carbocycles. The lowest BCUT2D eigenvalue weighted by atomic mass is 10.0. The van der Waals surface area contributed by atoms with Crippen LogP contribution in [0.25, 0.3) is 11.1 Å². The Balaban J connectivity index is 1.66. The molecule has 32 heavy (non-hydrogen) atoms. The van der Waals surface area contributed by atoms with E-state index < -0.39 is 9.96 Å². The molecule has 2 N–H and O–H groups in total. The molecule has 0 aliphatic rings. The monoisotopic (exact) mass is 490 g/mol. The van der Waals surface area contributed by atoms with Crippen molar-refractivity contribution in [2.45, 2.75) is 29.7 Å². The summed E-state index contributed by atoms with van der Waals surface area (Å²) in [6, 6.07) is 24.4. The minimum atomic E-state index is -1.74. The second-order valence-corrected chi connectivity index (χ2v) is 9.63. The number of hydrogen-bond donors (Lipinski definition) is 2. The van der Waals surface area contributed by atoms with Crippen molar-refractivity contribution in [2.24, 2.45) is 0 Å². The van der Waals surface area contributed by atoms with Gasteiger partial charge in [0.2, 0.25) is 3.79 Å². The van der Waals surface area contributed by atoms with Gasteiger partial charge in [-0.1, -0.05) is 90.6 Å². The fourth-order valence-electron chi connectivity index (χ4n) is 3.01. The Labute approximate surface area is 203 Å². The molecule has 0 aromatic heterocycles. The van der Waals surface area contributed by atoms with Crippen LogP contribution in [0.1, 0.15) is 30.1 Å². The highest BCUT2D eigenvalue weighted by Gasteiger charge is 2.34. The van der Waals surface area contributed by atoms with Gasteiger partial charge in [0.25, 0.3) is 5.91 Å². The largest absolute Gasteiger partial charge is 0.494 e. The van der Waals surface area contributed by atoms with Crippen molar-refractivity contribution in [1.82, 2.24) is 5.32 Å². The summed E-state index contributed by atoms with van der Waals surface area (Å²) in [7, 11) is 0. The van der Waals surface area contributed by atoms with Crippen LogP contribution in [0.15, 0.2) is 78.9 Å². The van der Waals surface area contributed by atoms with E-state index in [-0.39, 0.29) is 5.91 Å². The molecule has 3 aromatic rings. The molecule has 1 amide bonds. The van der Waals surface area contributed by atoms with Gasteiger partial charge in [0.1, 0.15) is 11.9 Å². The van der Waals surface area contributed by atoms with E-state index in [4.69, 9.17) is 39.5 Å². The zero-order chi connectivity index (χ0) is 23.0. The van der Waals surface area contributed by atoms with E-state index in [1.807, 2.05) is 66.7 Å². The highest BCUT2D eigenvalue weighted by molar-refractivity contribution is 6.68. The molecule has 168 valence electrons. The van der Waals surface area contributed by atoms with Crippen molar-refractivity contribution in [3.05, 3.63) is 84.4 Å². The zero-order valence-corrected chi connectivity index (χ0v) is 19.9. The summed E-state index contributed by atoms with van der Waals surface area (Å²) in [6.45, 7) is 2.85. The van der Waals surface area contributed by atoms with Crippen LogP contribution in [0.3, 0.4) is 0 Å². The number of alkyl halides is 3. The molecular formula is C25H25Cl3N2O2. The smallest absolute Gasteiger partial charge is 0.252 e. The first-order valence-electron chi connectivity index (χ1n) is 10.4. The number of anilines is 1. The lowest BCUT2D eigenvalue weighted by Crippen LogP contribution is -2.49. The fourth-order valence-corrected chi connectivity index (χ4v) is 3.33. The standard InChI is InChI=1S/C25H25Cl3N2O2/c1-2-3-17-32-22-15-13-19(14-16-22)18-9-11-20(12-10-18)23(31)30-24(25(26,27)28)29-21-7-5-4-6-8-21/h4-16,24,29H,2-3,17H2,1H3,(H,30,31)/t24-/m1/s1. The molecule has 4 nitrogen and oxygen atoms in total. The zero-order valence-electron chi connectivity index (χ0n) is 17.7. The maximum Gasteiger partial charge on any atom is 0.252 e. The van der Waals surface area contributed by atoms with Crippen molar-refractivity contribution >= 4 is 46.4 Å². The summed E-state index contributed by atoms with van der Waals surface area (Å²) in [5.74, 6) is 0.498. The van der Waals surface area contributed by atoms with Crippen LogP contribution in [-0.4, -0.2) is 22.5 Å². The minimum absolute atomic E-state index is 0.351. The molecule has 0 spiro atoms. The van der Waals surface area contributed by atoms with E-state index in [1.54, 1.807) is 12.1 Å². The lowest BCUT2D eigenvalue weighted by Gasteiger charge is -2.27. The second-order valence-electron chi connectivity index (χ2n) is 7.26. The third kappa shape index (κ3) is 7.06. The van der Waals surface area contributed by atoms with Crippen LogP contribution in [0, 0.1) is 0 Å². The Morgan fingerprint density at radius 1 is 0.906 bits per heavy atom. The highest BCUT2D eigenvalue weighted by atomic mass is 35.6. The van der Waals surface area contributed by atoms with E-state index in [2.05, 4.69) is 17.6 Å². The van der Waals surface area contributed by atoms with Gasteiger partial charge in [0.15, 0.2) is 0 Å². The number of carbonyl (C=O) groups excluding carboxylic acids is 1. The number of carbonyl (C=O) groups is 1. The Bertz CT molecular complexity index is 988. The molecule has 0 aliphatic carbocycles. The van der Waals surface area contributed by atoms with Gasteiger partial charge in [-0.15, -0.1) is 0 Å². The first-order chi connectivity index (χ1) is 15.4. The molecular weight excluding hydrogens is 467 g/mol. The van der Waals surface area contributed by atoms with E-state index in [1.165, 1.54) is 0 Å². The number of amides is 1. The Kier molecular flexibility index (Phi) is 8.68. The second kappa shape index (κ2) is 11.5. The number of benzene rings is 3. The van der Waals surface area contributed by atoms with Crippen molar-refractivity contribution in [1.29, 1.82) is 0 Å². The first kappa shape index (κ1) is 24.2. The van der Waals surface area contributed by atoms with Gasteiger partial charge in [0, 0.05) is 11.3 Å². The van der Waals surface area contributed by atoms with Crippen molar-refractivity contribution in [2.75, 3.05) is 11.9 Å². The summed E-state index contributed by atoms with van der Waals surface area (Å²) >= 11 is 18.2. The molecule has 0 unspecified atom stereocenters. The molecule has 0 aliphatic heterocycles. The van der Waals surface area contributed by atoms with Crippen LogP contribution in [0.4, 0.5) is 5.69 Å². The quantitative estimate of drug-likeness (QED) is 0.191. The van der Waals surface area contributed by atoms with Gasteiger partial charge in [-0.25, -0.2) is 0 Å². The summed E-state index contributed by atoms with van der Waals surface area (Å²) in [5.41, 5.74) is 3.20. The van der Waals surface area contributed by atoms with Crippen molar-refractivity contribution in [3.63, 3.8) is 0 Å². The van der Waals surface area contributed by atoms with E-state index >= 15 is 0 Å². The number of halogens is 3. The van der Waals surface area contributed by atoms with Gasteiger partial charge in [-0.3, -0.25) is 4.79 Å². The fraction of sp³-hybridized carbons (Fsp3) is 0.240. The van der Waals surface area contributed by atoms with Gasteiger partial charge >= 0.3 is 0 Å². The Morgan fingerprint density at radius 3 is 2.06 bits per heavy atom. The van der Waals surface area contributed by atoms with Gasteiger partial charge in [0.05, 0.1) is 6.61 Å². The summed E-state index contributed by atoms with van der Waals surface area (Å²) in [5, 5.41) is 5.79. The Hall–Kier alpha value is -2.40. The maximum atomic E-state index is 12.8. The molecule has 3 rings (SSSR count). The number of unbranched alkanes of at least 4 members (excludes halogenated alkanes) is 1. The molecule has 0 saturated heterocycles. The SMILES string of the molecule is CCCCOc1ccc(-c2ccc(C(=O)N[C@@H](Nc3ccccc3)C(Cl)(Cl)Cl)cc2)cc1.